The lowest BCUT2D eigenvalue weighted by molar-refractivity contribution is -0.0276. The van der Waals surface area contributed by atoms with Crippen LogP contribution in [0.25, 0.3) is 0 Å². The number of aryl methyl sites for hydroxylation is 2. The van der Waals surface area contributed by atoms with E-state index in [2.05, 4.69) is 51.5 Å². The van der Waals surface area contributed by atoms with Gasteiger partial charge in [0.25, 0.3) is 0 Å². The summed E-state index contributed by atoms with van der Waals surface area (Å²) in [7, 11) is 3.78. The standard InChI is InChI=1S/C23H33N5O2.HI/c1-17-6-8-18(9-7-17)22-19(5-4-11-30-22)13-25-23(24-2)28-10-12-29-21(16-28)20-14-26-27(3)15-20;/h6-9,14-15,19,21-22H,4-5,10-13,16H2,1-3H3,(H,24,25);1H. The number of guanidine groups is 1. The number of ether oxygens (including phenoxy) is 2. The molecular weight excluding hydrogens is 505 g/mol. The lowest BCUT2D eigenvalue weighted by Gasteiger charge is -2.37. The normalized spacial score (nSPS) is 24.5. The highest BCUT2D eigenvalue weighted by Crippen LogP contribution is 2.33. The van der Waals surface area contributed by atoms with E-state index in [-0.39, 0.29) is 36.2 Å². The molecule has 2 saturated heterocycles. The summed E-state index contributed by atoms with van der Waals surface area (Å²) in [5.74, 6) is 1.36. The van der Waals surface area contributed by atoms with Gasteiger partial charge in [0.1, 0.15) is 6.10 Å². The molecule has 0 bridgehead atoms. The van der Waals surface area contributed by atoms with E-state index in [1.165, 1.54) is 11.1 Å². The number of aromatic nitrogens is 2. The monoisotopic (exact) mass is 539 g/mol. The van der Waals surface area contributed by atoms with Crippen molar-refractivity contribution in [3.63, 3.8) is 0 Å². The molecule has 2 fully saturated rings. The molecule has 2 aromatic rings. The third-order valence-corrected chi connectivity index (χ3v) is 6.05. The van der Waals surface area contributed by atoms with Gasteiger partial charge < -0.3 is 19.7 Å². The largest absolute Gasteiger partial charge is 0.373 e. The molecule has 2 aliphatic rings. The summed E-state index contributed by atoms with van der Waals surface area (Å²) in [6.45, 7) is 6.08. The van der Waals surface area contributed by atoms with Crippen molar-refractivity contribution in [2.45, 2.75) is 32.0 Å². The number of morpholine rings is 1. The van der Waals surface area contributed by atoms with Gasteiger partial charge in [-0.15, -0.1) is 24.0 Å². The molecule has 0 amide bonds. The van der Waals surface area contributed by atoms with Gasteiger partial charge in [-0.3, -0.25) is 9.67 Å². The van der Waals surface area contributed by atoms with Gasteiger partial charge in [0.15, 0.2) is 5.96 Å². The van der Waals surface area contributed by atoms with Gasteiger partial charge in [0.2, 0.25) is 0 Å². The van der Waals surface area contributed by atoms with E-state index in [0.29, 0.717) is 12.5 Å². The predicted octanol–water partition coefficient (Wildman–Crippen LogP) is 3.46. The van der Waals surface area contributed by atoms with Gasteiger partial charge in [-0.2, -0.15) is 5.10 Å². The van der Waals surface area contributed by atoms with E-state index in [4.69, 9.17) is 9.47 Å². The number of nitrogens with zero attached hydrogens (tertiary/aromatic N) is 4. The maximum absolute atomic E-state index is 6.18. The zero-order valence-corrected chi connectivity index (χ0v) is 21.0. The van der Waals surface area contributed by atoms with Crippen LogP contribution in [0.1, 0.15) is 41.7 Å². The molecule has 7 nitrogen and oxygen atoms in total. The molecule has 2 aliphatic heterocycles. The maximum atomic E-state index is 6.18. The number of halogens is 1. The summed E-state index contributed by atoms with van der Waals surface area (Å²) >= 11 is 0. The summed E-state index contributed by atoms with van der Waals surface area (Å²) in [6.07, 6.45) is 6.33. The van der Waals surface area contributed by atoms with E-state index in [0.717, 1.165) is 50.6 Å². The molecule has 8 heteroatoms. The second kappa shape index (κ2) is 11.3. The lowest BCUT2D eigenvalue weighted by atomic mass is 9.89. The Hall–Kier alpha value is -1.65. The number of benzene rings is 1. The molecule has 3 atom stereocenters. The Balaban J connectivity index is 0.00000272. The first-order chi connectivity index (χ1) is 14.6. The molecule has 0 radical (unpaired) electrons. The van der Waals surface area contributed by atoms with Crippen molar-refractivity contribution in [1.29, 1.82) is 0 Å². The van der Waals surface area contributed by atoms with E-state index in [1.807, 2.05) is 31.2 Å². The van der Waals surface area contributed by atoms with E-state index in [1.54, 1.807) is 0 Å². The Labute approximate surface area is 202 Å². The first kappa shape index (κ1) is 24.0. The van der Waals surface area contributed by atoms with Crippen LogP contribution in [0.15, 0.2) is 41.7 Å². The number of hydrogen-bond donors (Lipinski definition) is 1. The Morgan fingerprint density at radius 2 is 2.00 bits per heavy atom. The molecule has 3 heterocycles. The van der Waals surface area contributed by atoms with Gasteiger partial charge in [-0.05, 0) is 25.3 Å². The third kappa shape index (κ3) is 5.98. The summed E-state index contributed by atoms with van der Waals surface area (Å²) < 4.78 is 14.0. The van der Waals surface area contributed by atoms with Crippen molar-refractivity contribution in [3.8, 4) is 0 Å². The maximum Gasteiger partial charge on any atom is 0.193 e. The fourth-order valence-corrected chi connectivity index (χ4v) is 4.38. The Morgan fingerprint density at radius 1 is 1.19 bits per heavy atom. The molecule has 0 spiro atoms. The van der Waals surface area contributed by atoms with Crippen LogP contribution in [0, 0.1) is 12.8 Å². The topological polar surface area (TPSA) is 63.9 Å². The first-order valence-corrected chi connectivity index (χ1v) is 10.9. The summed E-state index contributed by atoms with van der Waals surface area (Å²) in [6, 6.07) is 8.74. The fraction of sp³-hybridized carbons (Fsp3) is 0.565. The Bertz CT molecular complexity index is 854. The molecule has 4 rings (SSSR count). The highest BCUT2D eigenvalue weighted by atomic mass is 127. The van der Waals surface area contributed by atoms with Gasteiger partial charge in [-0.1, -0.05) is 29.8 Å². The van der Waals surface area contributed by atoms with E-state index >= 15 is 0 Å². The van der Waals surface area contributed by atoms with Crippen molar-refractivity contribution in [3.05, 3.63) is 53.3 Å². The number of hydrogen-bond acceptors (Lipinski definition) is 4. The minimum Gasteiger partial charge on any atom is -0.373 e. The lowest BCUT2D eigenvalue weighted by Crippen LogP contribution is -2.49. The Morgan fingerprint density at radius 3 is 2.71 bits per heavy atom. The Kier molecular flexibility index (Phi) is 8.74. The average Bonchev–Trinajstić information content (AvgIpc) is 3.22. The summed E-state index contributed by atoms with van der Waals surface area (Å²) in [5.41, 5.74) is 3.66. The summed E-state index contributed by atoms with van der Waals surface area (Å²) in [5, 5.41) is 7.90. The van der Waals surface area contributed by atoms with Gasteiger partial charge >= 0.3 is 0 Å². The molecule has 1 N–H and O–H groups in total. The third-order valence-electron chi connectivity index (χ3n) is 6.05. The average molecular weight is 539 g/mol. The highest BCUT2D eigenvalue weighted by Gasteiger charge is 2.29. The van der Waals surface area contributed by atoms with Gasteiger partial charge in [0, 0.05) is 51.5 Å². The molecule has 0 aliphatic carbocycles. The number of nitrogens with one attached hydrogen (secondary N) is 1. The minimum absolute atomic E-state index is 0. The number of aliphatic imine (C=N–C) groups is 1. The van der Waals surface area contributed by atoms with Crippen LogP contribution >= 0.6 is 24.0 Å². The second-order valence-corrected chi connectivity index (χ2v) is 8.29. The molecule has 31 heavy (non-hydrogen) atoms. The van der Waals surface area contributed by atoms with Crippen LogP contribution in [-0.4, -0.2) is 60.5 Å². The second-order valence-electron chi connectivity index (χ2n) is 8.29. The molecule has 1 aromatic heterocycles. The zero-order valence-electron chi connectivity index (χ0n) is 18.7. The van der Waals surface area contributed by atoms with Gasteiger partial charge in [0.05, 0.1) is 25.5 Å². The van der Waals surface area contributed by atoms with E-state index in [9.17, 15) is 0 Å². The van der Waals surface area contributed by atoms with Crippen LogP contribution in [0.2, 0.25) is 0 Å². The first-order valence-electron chi connectivity index (χ1n) is 10.9. The van der Waals surface area contributed by atoms with Crippen molar-refractivity contribution in [1.82, 2.24) is 20.0 Å². The molecule has 1 aromatic carbocycles. The molecule has 0 saturated carbocycles. The predicted molar refractivity (Wildman–Crippen MR) is 133 cm³/mol. The van der Waals surface area contributed by atoms with E-state index < -0.39 is 0 Å². The van der Waals surface area contributed by atoms with Crippen LogP contribution < -0.4 is 5.32 Å². The highest BCUT2D eigenvalue weighted by molar-refractivity contribution is 14.0. The van der Waals surface area contributed by atoms with Crippen LogP contribution in [-0.2, 0) is 16.5 Å². The molecule has 3 unspecified atom stereocenters. The van der Waals surface area contributed by atoms with Crippen LogP contribution in [0.3, 0.4) is 0 Å². The van der Waals surface area contributed by atoms with Crippen molar-refractivity contribution in [2.75, 3.05) is 39.9 Å². The molecule has 170 valence electrons. The summed E-state index contributed by atoms with van der Waals surface area (Å²) in [4.78, 5) is 6.84. The fourth-order valence-electron chi connectivity index (χ4n) is 4.38. The van der Waals surface area contributed by atoms with Crippen LogP contribution in [0.4, 0.5) is 0 Å². The smallest absolute Gasteiger partial charge is 0.193 e. The van der Waals surface area contributed by atoms with Crippen LogP contribution in [0.5, 0.6) is 0 Å². The van der Waals surface area contributed by atoms with Crippen molar-refractivity contribution >= 4 is 29.9 Å². The quantitative estimate of drug-likeness (QED) is 0.367. The minimum atomic E-state index is 0. The SMILES string of the molecule is CN=C(NCC1CCCOC1c1ccc(C)cc1)N1CCOC(c2cnn(C)c2)C1.I. The van der Waals surface area contributed by atoms with Crippen molar-refractivity contribution < 1.29 is 9.47 Å². The van der Waals surface area contributed by atoms with Gasteiger partial charge in [-0.25, -0.2) is 0 Å². The molecular formula is C23H34IN5O2. The van der Waals surface area contributed by atoms with Crippen molar-refractivity contribution in [2.24, 2.45) is 18.0 Å². The zero-order chi connectivity index (χ0) is 20.9. The number of rotatable bonds is 4.